The third-order valence-corrected chi connectivity index (χ3v) is 1.84. The fourth-order valence-electron chi connectivity index (χ4n) is 1.14. The van der Waals surface area contributed by atoms with Gasteiger partial charge in [0.15, 0.2) is 0 Å². The maximum absolute atomic E-state index is 4.03. The van der Waals surface area contributed by atoms with Crippen molar-refractivity contribution in [2.75, 3.05) is 0 Å². The molecule has 0 saturated heterocycles. The molecule has 2 heterocycles. The first-order valence-electron chi connectivity index (χ1n) is 4.43. The van der Waals surface area contributed by atoms with Crippen molar-refractivity contribution in [1.82, 2.24) is 9.97 Å². The van der Waals surface area contributed by atoms with Gasteiger partial charge in [0.25, 0.3) is 0 Å². The van der Waals surface area contributed by atoms with E-state index < -0.39 is 0 Å². The predicted molar refractivity (Wildman–Crippen MR) is 57.4 cm³/mol. The summed E-state index contributed by atoms with van der Waals surface area (Å²) in [5, 5.41) is 0. The minimum atomic E-state index is 0. The van der Waals surface area contributed by atoms with Crippen molar-refractivity contribution < 1.29 is 39.0 Å². The first kappa shape index (κ1) is 15.3. The van der Waals surface area contributed by atoms with Crippen LogP contribution in [0.2, 0.25) is 0 Å². The number of pyridine rings is 2. The van der Waals surface area contributed by atoms with E-state index in [9.17, 15) is 0 Å². The molecule has 0 amide bonds. The molecule has 0 N–H and O–H groups in total. The standard InChI is InChI=1S/C12H10N2.2Zn/c1-3-11(9-13-7-1)5-6-12-4-2-8-14-10-12;;/h1-10H;;/b6-5+;;. The molecule has 4 heteroatoms. The van der Waals surface area contributed by atoms with Crippen molar-refractivity contribution in [2.24, 2.45) is 0 Å². The van der Waals surface area contributed by atoms with E-state index in [1.165, 1.54) is 0 Å². The molecule has 2 aromatic heterocycles. The first-order valence-corrected chi connectivity index (χ1v) is 4.43. The van der Waals surface area contributed by atoms with Gasteiger partial charge in [0.05, 0.1) is 0 Å². The zero-order valence-corrected chi connectivity index (χ0v) is 15.0. The number of aromatic nitrogens is 2. The van der Waals surface area contributed by atoms with Crippen molar-refractivity contribution in [3.8, 4) is 0 Å². The third kappa shape index (κ3) is 4.87. The average Bonchev–Trinajstić information content (AvgIpc) is 2.29. The molecule has 0 spiro atoms. The molecule has 2 rings (SSSR count). The molecule has 0 aromatic carbocycles. The monoisotopic (exact) mass is 310 g/mol. The zero-order chi connectivity index (χ0) is 9.64. The fraction of sp³-hybridized carbons (Fsp3) is 0. The van der Waals surface area contributed by atoms with E-state index in [1.807, 2.05) is 48.8 Å². The minimum absolute atomic E-state index is 0. The maximum Gasteiger partial charge on any atom is 0.0340 e. The molecule has 0 fully saturated rings. The van der Waals surface area contributed by atoms with E-state index in [1.54, 1.807) is 12.4 Å². The Bertz CT molecular complexity index is 374. The van der Waals surface area contributed by atoms with E-state index in [2.05, 4.69) is 9.97 Å². The number of hydrogen-bond donors (Lipinski definition) is 0. The van der Waals surface area contributed by atoms with E-state index >= 15 is 0 Å². The van der Waals surface area contributed by atoms with Crippen molar-refractivity contribution in [2.45, 2.75) is 0 Å². The largest absolute Gasteiger partial charge is 0.264 e. The Morgan fingerprint density at radius 3 is 1.50 bits per heavy atom. The Balaban J connectivity index is 0.00000112. The molecule has 0 aliphatic rings. The van der Waals surface area contributed by atoms with Gasteiger partial charge in [-0.3, -0.25) is 9.97 Å². The Hall–Kier alpha value is -0.713. The predicted octanol–water partition coefficient (Wildman–Crippen LogP) is 2.64. The Morgan fingerprint density at radius 1 is 0.750 bits per heavy atom. The second kappa shape index (κ2) is 8.44. The molecule has 2 nitrogen and oxygen atoms in total. The maximum atomic E-state index is 4.03. The molecule has 0 saturated carbocycles. The number of hydrogen-bond acceptors (Lipinski definition) is 2. The van der Waals surface area contributed by atoms with Crippen LogP contribution in [0.25, 0.3) is 12.2 Å². The van der Waals surface area contributed by atoms with Crippen LogP contribution in [-0.4, -0.2) is 9.97 Å². The van der Waals surface area contributed by atoms with Gasteiger partial charge in [0.1, 0.15) is 0 Å². The Morgan fingerprint density at radius 2 is 1.19 bits per heavy atom. The van der Waals surface area contributed by atoms with E-state index in [0.717, 1.165) is 11.1 Å². The van der Waals surface area contributed by atoms with Crippen molar-refractivity contribution in [3.63, 3.8) is 0 Å². The first-order chi connectivity index (χ1) is 6.95. The van der Waals surface area contributed by atoms with Crippen molar-refractivity contribution in [3.05, 3.63) is 60.2 Å². The topological polar surface area (TPSA) is 25.8 Å². The summed E-state index contributed by atoms with van der Waals surface area (Å²) in [4.78, 5) is 8.06. The summed E-state index contributed by atoms with van der Waals surface area (Å²) in [5.41, 5.74) is 2.19. The molecule has 0 unspecified atom stereocenters. The summed E-state index contributed by atoms with van der Waals surface area (Å²) >= 11 is 0. The Labute approximate surface area is 121 Å². The number of nitrogens with zero attached hydrogens (tertiary/aromatic N) is 2. The molecule has 0 atom stereocenters. The van der Waals surface area contributed by atoms with Gasteiger partial charge >= 0.3 is 0 Å². The van der Waals surface area contributed by atoms with Crippen LogP contribution in [0.1, 0.15) is 11.1 Å². The molecule has 0 aliphatic carbocycles. The molecule has 2 aromatic rings. The van der Waals surface area contributed by atoms with Crippen LogP contribution in [0.3, 0.4) is 0 Å². The normalized spacial score (nSPS) is 9.25. The van der Waals surface area contributed by atoms with Crippen LogP contribution in [0.4, 0.5) is 0 Å². The van der Waals surface area contributed by atoms with Gasteiger partial charge < -0.3 is 0 Å². The van der Waals surface area contributed by atoms with Crippen LogP contribution < -0.4 is 0 Å². The molecular formula is C12H10N2Zn2. The summed E-state index contributed by atoms with van der Waals surface area (Å²) in [6, 6.07) is 7.87. The summed E-state index contributed by atoms with van der Waals surface area (Å²) in [6.45, 7) is 0. The van der Waals surface area contributed by atoms with Crippen LogP contribution >= 0.6 is 0 Å². The summed E-state index contributed by atoms with van der Waals surface area (Å²) < 4.78 is 0. The smallest absolute Gasteiger partial charge is 0.0340 e. The van der Waals surface area contributed by atoms with Crippen LogP contribution in [0, 0.1) is 0 Å². The van der Waals surface area contributed by atoms with Gasteiger partial charge in [-0.1, -0.05) is 24.3 Å². The van der Waals surface area contributed by atoms with Crippen LogP contribution in [-0.2, 0) is 39.0 Å². The van der Waals surface area contributed by atoms with E-state index in [0.29, 0.717) is 0 Å². The Kier molecular flexibility index (Phi) is 8.06. The van der Waals surface area contributed by atoms with Gasteiger partial charge in [-0.25, -0.2) is 0 Å². The third-order valence-electron chi connectivity index (χ3n) is 1.84. The molecule has 0 radical (unpaired) electrons. The van der Waals surface area contributed by atoms with E-state index in [-0.39, 0.29) is 39.0 Å². The SMILES string of the molecule is C(=C\c1cccnc1)/c1cccnc1.[Zn].[Zn]. The van der Waals surface area contributed by atoms with Gasteiger partial charge in [-0.05, 0) is 23.3 Å². The zero-order valence-electron chi connectivity index (χ0n) is 9.08. The van der Waals surface area contributed by atoms with Gasteiger partial charge in [-0.2, -0.15) is 0 Å². The number of rotatable bonds is 2. The second-order valence-electron chi connectivity index (χ2n) is 2.91. The quantitative estimate of drug-likeness (QED) is 0.797. The van der Waals surface area contributed by atoms with Crippen molar-refractivity contribution in [1.29, 1.82) is 0 Å². The molecule has 0 bridgehead atoms. The average molecular weight is 313 g/mol. The molecule has 72 valence electrons. The molecule has 16 heavy (non-hydrogen) atoms. The molecule has 0 aliphatic heterocycles. The van der Waals surface area contributed by atoms with Gasteiger partial charge in [-0.15, -0.1) is 0 Å². The summed E-state index contributed by atoms with van der Waals surface area (Å²) in [6.07, 6.45) is 11.2. The van der Waals surface area contributed by atoms with E-state index in [4.69, 9.17) is 0 Å². The van der Waals surface area contributed by atoms with Gasteiger partial charge in [0, 0.05) is 63.7 Å². The summed E-state index contributed by atoms with van der Waals surface area (Å²) in [7, 11) is 0. The van der Waals surface area contributed by atoms with Crippen LogP contribution in [0.15, 0.2) is 49.1 Å². The van der Waals surface area contributed by atoms with Gasteiger partial charge in [0.2, 0.25) is 0 Å². The van der Waals surface area contributed by atoms with Crippen molar-refractivity contribution >= 4 is 12.2 Å². The molecular weight excluding hydrogens is 303 g/mol. The fourth-order valence-corrected chi connectivity index (χ4v) is 1.14. The second-order valence-corrected chi connectivity index (χ2v) is 2.91. The summed E-state index contributed by atoms with van der Waals surface area (Å²) in [5.74, 6) is 0. The minimum Gasteiger partial charge on any atom is -0.264 e. The van der Waals surface area contributed by atoms with Crippen LogP contribution in [0.5, 0.6) is 0 Å².